The topological polar surface area (TPSA) is 88.6 Å². The summed E-state index contributed by atoms with van der Waals surface area (Å²) in [6, 6.07) is 0.803. The van der Waals surface area contributed by atoms with Crippen LogP contribution in [0.5, 0.6) is 0 Å². The molecule has 2 aromatic rings. The lowest BCUT2D eigenvalue weighted by Crippen LogP contribution is -2.31. The number of pyridine rings is 1. The third kappa shape index (κ3) is 2.25. The maximum atomic E-state index is 15.3. The number of carbonyl (C=O) groups is 1. The Labute approximate surface area is 147 Å². The minimum Gasteiger partial charge on any atom is -0.477 e. The highest BCUT2D eigenvalue weighted by Gasteiger charge is 2.54. The number of nitrogens with two attached hydrogens (primary N) is 1. The van der Waals surface area contributed by atoms with Crippen LogP contribution < -0.4 is 16.1 Å². The summed E-state index contributed by atoms with van der Waals surface area (Å²) < 4.78 is 31.4. The molecule has 0 amide bonds. The van der Waals surface area contributed by atoms with Gasteiger partial charge in [0.1, 0.15) is 17.1 Å². The number of rotatable bonds is 3. The third-order valence-corrected chi connectivity index (χ3v) is 5.72. The summed E-state index contributed by atoms with van der Waals surface area (Å²) in [5.74, 6) is -3.15. The van der Waals surface area contributed by atoms with Gasteiger partial charge in [-0.2, -0.15) is 0 Å². The molecule has 1 saturated heterocycles. The molecule has 1 aliphatic heterocycles. The Kier molecular flexibility index (Phi) is 3.59. The number of carboxylic acids is 1. The molecule has 1 aromatic heterocycles. The van der Waals surface area contributed by atoms with Gasteiger partial charge in [0.25, 0.3) is 0 Å². The Hall–Kier alpha value is -2.48. The monoisotopic (exact) mass is 363 g/mol. The van der Waals surface area contributed by atoms with Crippen molar-refractivity contribution in [2.24, 2.45) is 11.1 Å². The minimum absolute atomic E-state index is 0.0641. The van der Waals surface area contributed by atoms with E-state index < -0.39 is 28.6 Å². The maximum Gasteiger partial charge on any atom is 0.341 e. The molecule has 1 aromatic carbocycles. The van der Waals surface area contributed by atoms with Crippen molar-refractivity contribution in [2.75, 3.05) is 18.0 Å². The van der Waals surface area contributed by atoms with Crippen molar-refractivity contribution in [3.05, 3.63) is 39.7 Å². The SMILES string of the molecule is CCn1cc(C(=O)O)c(=O)c2cc(F)c(N3CC(N)C4(CC4)C3)c(F)c21. The lowest BCUT2D eigenvalue weighted by Gasteiger charge is -2.22. The van der Waals surface area contributed by atoms with Crippen LogP contribution in [0, 0.1) is 17.0 Å². The molecule has 2 fully saturated rings. The molecular formula is C18H19F2N3O3. The molecular weight excluding hydrogens is 344 g/mol. The molecule has 2 heterocycles. The Morgan fingerprint density at radius 1 is 1.42 bits per heavy atom. The summed E-state index contributed by atoms with van der Waals surface area (Å²) in [4.78, 5) is 25.3. The molecule has 26 heavy (non-hydrogen) atoms. The van der Waals surface area contributed by atoms with Crippen molar-refractivity contribution < 1.29 is 18.7 Å². The molecule has 6 nitrogen and oxygen atoms in total. The van der Waals surface area contributed by atoms with Crippen LogP contribution in [0.15, 0.2) is 17.1 Å². The summed E-state index contributed by atoms with van der Waals surface area (Å²) in [5.41, 5.74) is 4.41. The van der Waals surface area contributed by atoms with Gasteiger partial charge in [-0.25, -0.2) is 13.6 Å². The molecule has 4 rings (SSSR count). The second-order valence-electron chi connectivity index (χ2n) is 7.23. The van der Waals surface area contributed by atoms with Gasteiger partial charge < -0.3 is 20.3 Å². The highest BCUT2D eigenvalue weighted by molar-refractivity contribution is 5.93. The smallest absolute Gasteiger partial charge is 0.341 e. The number of anilines is 1. The number of hydrogen-bond donors (Lipinski definition) is 2. The van der Waals surface area contributed by atoms with Gasteiger partial charge in [-0.1, -0.05) is 0 Å². The van der Waals surface area contributed by atoms with Gasteiger partial charge in [0.05, 0.1) is 10.9 Å². The van der Waals surface area contributed by atoms with Crippen LogP contribution in [0.2, 0.25) is 0 Å². The number of nitrogens with zero attached hydrogens (tertiary/aromatic N) is 2. The molecule has 1 unspecified atom stereocenters. The Balaban J connectivity index is 1.96. The van der Waals surface area contributed by atoms with E-state index in [4.69, 9.17) is 5.73 Å². The van der Waals surface area contributed by atoms with Crippen molar-refractivity contribution in [3.63, 3.8) is 0 Å². The van der Waals surface area contributed by atoms with E-state index in [-0.39, 0.29) is 34.6 Å². The van der Waals surface area contributed by atoms with Gasteiger partial charge >= 0.3 is 5.97 Å². The molecule has 0 bridgehead atoms. The van der Waals surface area contributed by atoms with Gasteiger partial charge in [-0.15, -0.1) is 0 Å². The predicted molar refractivity (Wildman–Crippen MR) is 92.6 cm³/mol. The average Bonchev–Trinajstić information content (AvgIpc) is 3.28. The van der Waals surface area contributed by atoms with Gasteiger partial charge in [0, 0.05) is 37.3 Å². The number of fused-ring (bicyclic) bond motifs is 1. The summed E-state index contributed by atoms with van der Waals surface area (Å²) in [6.45, 7) is 2.77. The van der Waals surface area contributed by atoms with Gasteiger partial charge in [0.2, 0.25) is 5.43 Å². The van der Waals surface area contributed by atoms with E-state index in [1.807, 2.05) is 0 Å². The molecule has 3 N–H and O–H groups in total. The highest BCUT2D eigenvalue weighted by Crippen LogP contribution is 2.53. The quantitative estimate of drug-likeness (QED) is 0.870. The van der Waals surface area contributed by atoms with Crippen molar-refractivity contribution in [3.8, 4) is 0 Å². The second-order valence-corrected chi connectivity index (χ2v) is 7.23. The van der Waals surface area contributed by atoms with E-state index in [0.29, 0.717) is 13.1 Å². The van der Waals surface area contributed by atoms with E-state index in [2.05, 4.69) is 0 Å². The van der Waals surface area contributed by atoms with Gasteiger partial charge in [-0.05, 0) is 25.8 Å². The number of aromatic nitrogens is 1. The number of aryl methyl sites for hydroxylation is 1. The average molecular weight is 363 g/mol. The van der Waals surface area contributed by atoms with Crippen molar-refractivity contribution >= 4 is 22.6 Å². The first-order chi connectivity index (χ1) is 12.3. The third-order valence-electron chi connectivity index (χ3n) is 5.72. The van der Waals surface area contributed by atoms with Crippen LogP contribution in [0.1, 0.15) is 30.1 Å². The molecule has 1 aliphatic carbocycles. The zero-order chi connectivity index (χ0) is 18.8. The number of halogens is 2. The standard InChI is InChI=1S/C18H19F2N3O3/c1-2-22-6-10(17(25)26)16(24)9-5-11(19)15(13(20)14(9)22)23-7-12(21)18(8-23)3-4-18/h5-6,12H,2-4,7-8,21H2,1H3,(H,25,26). The summed E-state index contributed by atoms with van der Waals surface area (Å²) in [6.07, 6.45) is 3.00. The first kappa shape index (κ1) is 17.0. The van der Waals surface area contributed by atoms with Crippen LogP contribution in [-0.4, -0.2) is 34.8 Å². The maximum absolute atomic E-state index is 15.3. The van der Waals surface area contributed by atoms with E-state index in [1.54, 1.807) is 11.8 Å². The van der Waals surface area contributed by atoms with Crippen molar-refractivity contribution in [2.45, 2.75) is 32.4 Å². The molecule has 1 atom stereocenters. The van der Waals surface area contributed by atoms with Crippen LogP contribution in [0.3, 0.4) is 0 Å². The largest absolute Gasteiger partial charge is 0.477 e. The Bertz CT molecular complexity index is 998. The van der Waals surface area contributed by atoms with Gasteiger partial charge in [0.15, 0.2) is 5.82 Å². The van der Waals surface area contributed by atoms with Gasteiger partial charge in [-0.3, -0.25) is 4.79 Å². The Morgan fingerprint density at radius 2 is 2.12 bits per heavy atom. The van der Waals surface area contributed by atoms with E-state index in [1.165, 1.54) is 4.57 Å². The molecule has 2 aliphatic rings. The summed E-state index contributed by atoms with van der Waals surface area (Å²) in [5, 5.41) is 8.91. The van der Waals surface area contributed by atoms with E-state index in [0.717, 1.165) is 25.1 Å². The van der Waals surface area contributed by atoms with Crippen LogP contribution >= 0.6 is 0 Å². The van der Waals surface area contributed by atoms with E-state index >= 15 is 4.39 Å². The number of carboxylic acid groups (broad SMARTS) is 1. The zero-order valence-corrected chi connectivity index (χ0v) is 14.3. The predicted octanol–water partition coefficient (Wildman–Crippen LogP) is 1.93. The first-order valence-corrected chi connectivity index (χ1v) is 8.58. The number of aromatic carboxylic acids is 1. The molecule has 8 heteroatoms. The molecule has 1 saturated carbocycles. The summed E-state index contributed by atoms with van der Waals surface area (Å²) >= 11 is 0. The highest BCUT2D eigenvalue weighted by atomic mass is 19.1. The van der Waals surface area contributed by atoms with Crippen molar-refractivity contribution in [1.82, 2.24) is 4.57 Å². The zero-order valence-electron chi connectivity index (χ0n) is 14.3. The second kappa shape index (κ2) is 5.51. The fourth-order valence-electron chi connectivity index (χ4n) is 4.02. The van der Waals surface area contributed by atoms with E-state index in [9.17, 15) is 19.1 Å². The number of hydrogen-bond acceptors (Lipinski definition) is 4. The fourth-order valence-corrected chi connectivity index (χ4v) is 4.02. The fraction of sp³-hybridized carbons (Fsp3) is 0.444. The molecule has 1 spiro atoms. The van der Waals surface area contributed by atoms with Crippen molar-refractivity contribution in [1.29, 1.82) is 0 Å². The normalized spacial score (nSPS) is 20.9. The summed E-state index contributed by atoms with van der Waals surface area (Å²) in [7, 11) is 0. The minimum atomic E-state index is -1.43. The number of benzene rings is 1. The van der Waals surface area contributed by atoms with Crippen LogP contribution in [-0.2, 0) is 6.54 Å². The Morgan fingerprint density at radius 3 is 2.65 bits per heavy atom. The van der Waals surface area contributed by atoms with Crippen LogP contribution in [0.4, 0.5) is 14.5 Å². The molecule has 138 valence electrons. The molecule has 0 radical (unpaired) electrons. The lowest BCUT2D eigenvalue weighted by molar-refractivity contribution is 0.0695. The lowest BCUT2D eigenvalue weighted by atomic mass is 10.0. The first-order valence-electron chi connectivity index (χ1n) is 8.58. The van der Waals surface area contributed by atoms with Crippen LogP contribution in [0.25, 0.3) is 10.9 Å².